The van der Waals surface area contributed by atoms with Gasteiger partial charge in [0.1, 0.15) is 17.6 Å². The molecule has 0 aliphatic carbocycles. The highest BCUT2D eigenvalue weighted by Gasteiger charge is 2.04. The number of anilines is 1. The summed E-state index contributed by atoms with van der Waals surface area (Å²) in [6.45, 7) is 2.13. The Morgan fingerprint density at radius 1 is 1.47 bits per heavy atom. The van der Waals surface area contributed by atoms with Crippen LogP contribution in [0.5, 0.6) is 0 Å². The molecule has 0 aromatic carbocycles. The van der Waals surface area contributed by atoms with Crippen molar-refractivity contribution >= 4 is 22.8 Å². The van der Waals surface area contributed by atoms with E-state index in [0.29, 0.717) is 24.4 Å². The molecule has 0 saturated carbocycles. The second kappa shape index (κ2) is 4.04. The standard InChI is InChI=1S/C9H11N5O/c1-6(15)2-3-10-8-7-9(12-4-11-7)14-5-13-8/h4-5H,2-3H2,1H3,(H2,10,11,12,13,14). The summed E-state index contributed by atoms with van der Waals surface area (Å²) in [7, 11) is 0. The first-order valence-corrected chi connectivity index (χ1v) is 4.65. The highest BCUT2D eigenvalue weighted by molar-refractivity contribution is 5.82. The van der Waals surface area contributed by atoms with Gasteiger partial charge in [-0.05, 0) is 6.92 Å². The van der Waals surface area contributed by atoms with E-state index in [1.807, 2.05) is 0 Å². The third-order valence-corrected chi connectivity index (χ3v) is 1.99. The van der Waals surface area contributed by atoms with E-state index < -0.39 is 0 Å². The molecule has 6 nitrogen and oxygen atoms in total. The number of nitrogens with one attached hydrogen (secondary N) is 2. The van der Waals surface area contributed by atoms with Crippen molar-refractivity contribution in [2.24, 2.45) is 0 Å². The van der Waals surface area contributed by atoms with Crippen LogP contribution in [0.3, 0.4) is 0 Å². The fourth-order valence-electron chi connectivity index (χ4n) is 1.26. The number of hydrogen-bond donors (Lipinski definition) is 2. The van der Waals surface area contributed by atoms with Gasteiger partial charge in [-0.25, -0.2) is 15.0 Å². The molecule has 2 N–H and O–H groups in total. The van der Waals surface area contributed by atoms with Crippen molar-refractivity contribution in [2.45, 2.75) is 13.3 Å². The number of hydrogen-bond acceptors (Lipinski definition) is 5. The number of fused-ring (bicyclic) bond motifs is 1. The van der Waals surface area contributed by atoms with Crippen LogP contribution in [0.15, 0.2) is 12.7 Å². The smallest absolute Gasteiger partial charge is 0.182 e. The van der Waals surface area contributed by atoms with Gasteiger partial charge in [0.05, 0.1) is 6.33 Å². The molecule has 2 rings (SSSR count). The molecule has 0 fully saturated rings. The van der Waals surface area contributed by atoms with E-state index in [1.54, 1.807) is 13.3 Å². The summed E-state index contributed by atoms with van der Waals surface area (Å²) in [6, 6.07) is 0. The number of nitrogens with zero attached hydrogens (tertiary/aromatic N) is 3. The first-order valence-electron chi connectivity index (χ1n) is 4.65. The molecule has 2 heterocycles. The molecule has 2 aromatic heterocycles. The third-order valence-electron chi connectivity index (χ3n) is 1.99. The molecule has 78 valence electrons. The predicted molar refractivity (Wildman–Crippen MR) is 55.5 cm³/mol. The van der Waals surface area contributed by atoms with Gasteiger partial charge in [0.25, 0.3) is 0 Å². The highest BCUT2D eigenvalue weighted by atomic mass is 16.1. The molecule has 6 heteroatoms. The molecular weight excluding hydrogens is 194 g/mol. The number of carbonyl (C=O) groups is 1. The SMILES string of the molecule is CC(=O)CCNc1ncnc2nc[nH]c12. The van der Waals surface area contributed by atoms with Crippen LogP contribution in [-0.4, -0.2) is 32.3 Å². The van der Waals surface area contributed by atoms with E-state index >= 15 is 0 Å². The Labute approximate surface area is 86.2 Å². The number of carbonyl (C=O) groups excluding carboxylic acids is 1. The van der Waals surface area contributed by atoms with Crippen LogP contribution in [0.25, 0.3) is 11.2 Å². The number of Topliss-reactive ketones (excluding diaryl/α,β-unsaturated/α-hetero) is 1. The van der Waals surface area contributed by atoms with Crippen LogP contribution in [0.1, 0.15) is 13.3 Å². The van der Waals surface area contributed by atoms with Crippen molar-refractivity contribution in [3.05, 3.63) is 12.7 Å². The van der Waals surface area contributed by atoms with Crippen molar-refractivity contribution in [2.75, 3.05) is 11.9 Å². The molecule has 0 aliphatic rings. The van der Waals surface area contributed by atoms with Crippen molar-refractivity contribution in [1.29, 1.82) is 0 Å². The van der Waals surface area contributed by atoms with Gasteiger partial charge < -0.3 is 10.3 Å². The van der Waals surface area contributed by atoms with Crippen molar-refractivity contribution in [3.63, 3.8) is 0 Å². The largest absolute Gasteiger partial charge is 0.368 e. The van der Waals surface area contributed by atoms with Crippen molar-refractivity contribution < 1.29 is 4.79 Å². The van der Waals surface area contributed by atoms with E-state index in [4.69, 9.17) is 0 Å². The first-order chi connectivity index (χ1) is 7.27. The molecule has 0 saturated heterocycles. The van der Waals surface area contributed by atoms with Crippen LogP contribution < -0.4 is 5.32 Å². The highest BCUT2D eigenvalue weighted by Crippen LogP contribution is 2.13. The lowest BCUT2D eigenvalue weighted by Gasteiger charge is -2.03. The summed E-state index contributed by atoms with van der Waals surface area (Å²) in [5.41, 5.74) is 1.39. The summed E-state index contributed by atoms with van der Waals surface area (Å²) in [5.74, 6) is 0.830. The van der Waals surface area contributed by atoms with Crippen LogP contribution >= 0.6 is 0 Å². The lowest BCUT2D eigenvalue weighted by molar-refractivity contribution is -0.116. The summed E-state index contributed by atoms with van der Waals surface area (Å²) in [4.78, 5) is 25.8. The van der Waals surface area contributed by atoms with E-state index in [9.17, 15) is 4.79 Å². The molecular formula is C9H11N5O. The van der Waals surface area contributed by atoms with Crippen molar-refractivity contribution in [1.82, 2.24) is 19.9 Å². The van der Waals surface area contributed by atoms with Crippen LogP contribution in [-0.2, 0) is 4.79 Å². The number of ketones is 1. The number of aromatic amines is 1. The second-order valence-electron chi connectivity index (χ2n) is 3.20. The summed E-state index contributed by atoms with van der Waals surface area (Å²) < 4.78 is 0. The fourth-order valence-corrected chi connectivity index (χ4v) is 1.26. The van der Waals surface area contributed by atoms with Gasteiger partial charge in [-0.15, -0.1) is 0 Å². The quantitative estimate of drug-likeness (QED) is 0.769. The minimum Gasteiger partial charge on any atom is -0.368 e. The molecule has 0 radical (unpaired) electrons. The Morgan fingerprint density at radius 3 is 3.13 bits per heavy atom. The number of rotatable bonds is 4. The van der Waals surface area contributed by atoms with E-state index in [-0.39, 0.29) is 5.78 Å². The minimum atomic E-state index is 0.150. The maximum atomic E-state index is 10.8. The summed E-state index contributed by atoms with van der Waals surface area (Å²) in [5, 5.41) is 3.06. The molecule has 0 bridgehead atoms. The Hall–Kier alpha value is -1.98. The summed E-state index contributed by atoms with van der Waals surface area (Å²) >= 11 is 0. The molecule has 0 atom stereocenters. The zero-order valence-electron chi connectivity index (χ0n) is 8.32. The molecule has 0 aliphatic heterocycles. The number of imidazole rings is 1. The lowest BCUT2D eigenvalue weighted by Crippen LogP contribution is -2.07. The van der Waals surface area contributed by atoms with E-state index in [0.717, 1.165) is 5.52 Å². The molecule has 2 aromatic rings. The van der Waals surface area contributed by atoms with Gasteiger partial charge in [-0.3, -0.25) is 4.79 Å². The Kier molecular flexibility index (Phi) is 2.57. The first kappa shape index (κ1) is 9.57. The number of aromatic nitrogens is 4. The van der Waals surface area contributed by atoms with Gasteiger partial charge in [-0.1, -0.05) is 0 Å². The van der Waals surface area contributed by atoms with Gasteiger partial charge in [0.2, 0.25) is 0 Å². The lowest BCUT2D eigenvalue weighted by atomic mass is 10.3. The Balaban J connectivity index is 2.13. The van der Waals surface area contributed by atoms with Crippen molar-refractivity contribution in [3.8, 4) is 0 Å². The number of H-pyrrole nitrogens is 1. The maximum absolute atomic E-state index is 10.8. The average molecular weight is 205 g/mol. The topological polar surface area (TPSA) is 83.6 Å². The molecule has 0 unspecified atom stereocenters. The predicted octanol–water partition coefficient (Wildman–Crippen LogP) is 0.744. The molecule has 0 amide bonds. The zero-order chi connectivity index (χ0) is 10.7. The minimum absolute atomic E-state index is 0.150. The van der Waals surface area contributed by atoms with Gasteiger partial charge in [0.15, 0.2) is 11.5 Å². The van der Waals surface area contributed by atoms with Gasteiger partial charge in [0, 0.05) is 13.0 Å². The second-order valence-corrected chi connectivity index (χ2v) is 3.20. The third kappa shape index (κ3) is 2.09. The van der Waals surface area contributed by atoms with Crippen LogP contribution in [0, 0.1) is 0 Å². The normalized spacial score (nSPS) is 10.5. The Bertz CT molecular complexity index is 478. The maximum Gasteiger partial charge on any atom is 0.182 e. The van der Waals surface area contributed by atoms with Gasteiger partial charge in [-0.2, -0.15) is 0 Å². The fraction of sp³-hybridized carbons (Fsp3) is 0.333. The van der Waals surface area contributed by atoms with E-state index in [2.05, 4.69) is 25.3 Å². The van der Waals surface area contributed by atoms with Crippen LogP contribution in [0.4, 0.5) is 5.82 Å². The zero-order valence-corrected chi connectivity index (χ0v) is 8.32. The molecule has 0 spiro atoms. The Morgan fingerprint density at radius 2 is 2.33 bits per heavy atom. The van der Waals surface area contributed by atoms with Crippen LogP contribution in [0.2, 0.25) is 0 Å². The molecule has 15 heavy (non-hydrogen) atoms. The average Bonchev–Trinajstić information content (AvgIpc) is 2.65. The monoisotopic (exact) mass is 205 g/mol. The van der Waals surface area contributed by atoms with Gasteiger partial charge >= 0.3 is 0 Å². The summed E-state index contributed by atoms with van der Waals surface area (Å²) in [6.07, 6.45) is 3.49. The van der Waals surface area contributed by atoms with E-state index in [1.165, 1.54) is 6.33 Å².